The van der Waals surface area contributed by atoms with Gasteiger partial charge in [0.25, 0.3) is 5.91 Å². The van der Waals surface area contributed by atoms with Gasteiger partial charge in [0.2, 0.25) is 0 Å². The second kappa shape index (κ2) is 8.62. The SMILES string of the molecule is CCn1c(C(=O)Nc2ccc(N3CCNCC3)nc2)cc2c(OC)c(OC)ccc21. The number of nitrogens with one attached hydrogen (secondary N) is 2. The van der Waals surface area contributed by atoms with Gasteiger partial charge in [-0.2, -0.15) is 0 Å². The Bertz CT molecular complexity index is 1040. The van der Waals surface area contributed by atoms with E-state index in [-0.39, 0.29) is 5.91 Å². The minimum atomic E-state index is -0.189. The number of aryl methyl sites for hydroxylation is 1. The van der Waals surface area contributed by atoms with Crippen LogP contribution in [-0.2, 0) is 6.54 Å². The maximum absolute atomic E-state index is 13.1. The Morgan fingerprint density at radius 1 is 1.17 bits per heavy atom. The van der Waals surface area contributed by atoms with Gasteiger partial charge in [-0.3, -0.25) is 4.79 Å². The highest BCUT2D eigenvalue weighted by atomic mass is 16.5. The van der Waals surface area contributed by atoms with Crippen LogP contribution in [0.1, 0.15) is 17.4 Å². The molecule has 0 spiro atoms. The number of anilines is 2. The summed E-state index contributed by atoms with van der Waals surface area (Å²) in [6.07, 6.45) is 1.71. The van der Waals surface area contributed by atoms with Crippen molar-refractivity contribution in [1.29, 1.82) is 0 Å². The van der Waals surface area contributed by atoms with E-state index < -0.39 is 0 Å². The molecule has 1 aliphatic heterocycles. The fourth-order valence-corrected chi connectivity index (χ4v) is 3.92. The van der Waals surface area contributed by atoms with Crippen LogP contribution in [0.3, 0.4) is 0 Å². The lowest BCUT2D eigenvalue weighted by atomic mass is 10.2. The Hall–Kier alpha value is -3.26. The van der Waals surface area contributed by atoms with Crippen molar-refractivity contribution in [2.24, 2.45) is 0 Å². The third kappa shape index (κ3) is 3.66. The molecule has 3 aromatic rings. The second-order valence-electron chi connectivity index (χ2n) is 7.10. The zero-order valence-electron chi connectivity index (χ0n) is 17.6. The van der Waals surface area contributed by atoms with Gasteiger partial charge >= 0.3 is 0 Å². The van der Waals surface area contributed by atoms with Crippen LogP contribution in [0.4, 0.5) is 11.5 Å². The molecule has 1 saturated heterocycles. The summed E-state index contributed by atoms with van der Waals surface area (Å²) in [5.74, 6) is 2.00. The van der Waals surface area contributed by atoms with Gasteiger partial charge < -0.3 is 29.6 Å². The molecule has 0 radical (unpaired) electrons. The Labute approximate surface area is 175 Å². The zero-order valence-corrected chi connectivity index (χ0v) is 17.6. The van der Waals surface area contributed by atoms with Crippen molar-refractivity contribution < 1.29 is 14.3 Å². The molecule has 4 rings (SSSR count). The summed E-state index contributed by atoms with van der Waals surface area (Å²) in [4.78, 5) is 19.8. The summed E-state index contributed by atoms with van der Waals surface area (Å²) >= 11 is 0. The Morgan fingerprint density at radius 3 is 2.60 bits per heavy atom. The predicted octanol–water partition coefficient (Wildman–Crippen LogP) is 2.74. The minimum absolute atomic E-state index is 0.189. The van der Waals surface area contributed by atoms with Crippen LogP contribution >= 0.6 is 0 Å². The summed E-state index contributed by atoms with van der Waals surface area (Å²) < 4.78 is 12.9. The first-order valence-electron chi connectivity index (χ1n) is 10.1. The van der Waals surface area contributed by atoms with Crippen LogP contribution in [-0.4, -0.2) is 55.9 Å². The first kappa shape index (κ1) is 20.0. The summed E-state index contributed by atoms with van der Waals surface area (Å²) in [6, 6.07) is 9.49. The summed E-state index contributed by atoms with van der Waals surface area (Å²) in [7, 11) is 3.21. The quantitative estimate of drug-likeness (QED) is 0.652. The van der Waals surface area contributed by atoms with Gasteiger partial charge in [0.05, 0.1) is 31.6 Å². The molecule has 2 aromatic heterocycles. The number of piperazine rings is 1. The number of rotatable bonds is 6. The van der Waals surface area contributed by atoms with E-state index in [2.05, 4.69) is 20.5 Å². The summed E-state index contributed by atoms with van der Waals surface area (Å²) in [5, 5.41) is 7.14. The number of hydrogen-bond acceptors (Lipinski definition) is 6. The smallest absolute Gasteiger partial charge is 0.272 e. The van der Waals surface area contributed by atoms with E-state index in [1.807, 2.05) is 41.8 Å². The average molecular weight is 409 g/mol. The monoisotopic (exact) mass is 409 g/mol. The number of carbonyl (C=O) groups is 1. The zero-order chi connectivity index (χ0) is 21.1. The van der Waals surface area contributed by atoms with Gasteiger partial charge in [-0.25, -0.2) is 4.98 Å². The Morgan fingerprint density at radius 2 is 1.97 bits per heavy atom. The first-order valence-corrected chi connectivity index (χ1v) is 10.1. The summed E-state index contributed by atoms with van der Waals surface area (Å²) in [6.45, 7) is 6.44. The summed E-state index contributed by atoms with van der Waals surface area (Å²) in [5.41, 5.74) is 2.15. The standard InChI is InChI=1S/C22H27N5O3/c1-4-27-17-6-7-19(29-2)21(30-3)16(17)13-18(27)22(28)25-15-5-8-20(24-14-15)26-11-9-23-10-12-26/h5-8,13-14,23H,4,9-12H2,1-3H3,(H,25,28). The number of methoxy groups -OCH3 is 2. The van der Waals surface area contributed by atoms with E-state index >= 15 is 0 Å². The Kier molecular flexibility index (Phi) is 5.76. The third-order valence-electron chi connectivity index (χ3n) is 5.42. The van der Waals surface area contributed by atoms with Crippen LogP contribution < -0.4 is 25.0 Å². The molecule has 8 heteroatoms. The van der Waals surface area contributed by atoms with Crippen LogP contribution in [0.15, 0.2) is 36.5 Å². The molecule has 1 aromatic carbocycles. The van der Waals surface area contributed by atoms with Gasteiger partial charge in [0, 0.05) is 38.1 Å². The molecule has 1 fully saturated rings. The molecular weight excluding hydrogens is 382 g/mol. The highest BCUT2D eigenvalue weighted by Crippen LogP contribution is 2.37. The van der Waals surface area contributed by atoms with Crippen molar-refractivity contribution in [1.82, 2.24) is 14.9 Å². The van der Waals surface area contributed by atoms with E-state index in [0.29, 0.717) is 29.4 Å². The first-order chi connectivity index (χ1) is 14.7. The molecule has 3 heterocycles. The molecule has 0 bridgehead atoms. The van der Waals surface area contributed by atoms with Crippen LogP contribution in [0.2, 0.25) is 0 Å². The third-order valence-corrected chi connectivity index (χ3v) is 5.42. The molecular formula is C22H27N5O3. The van der Waals surface area contributed by atoms with Crippen molar-refractivity contribution in [2.75, 3.05) is 50.6 Å². The fraction of sp³-hybridized carbons (Fsp3) is 0.364. The lowest BCUT2D eigenvalue weighted by Crippen LogP contribution is -2.43. The number of pyridine rings is 1. The van der Waals surface area contributed by atoms with Crippen molar-refractivity contribution in [2.45, 2.75) is 13.5 Å². The van der Waals surface area contributed by atoms with E-state index in [9.17, 15) is 4.79 Å². The lowest BCUT2D eigenvalue weighted by Gasteiger charge is -2.28. The van der Waals surface area contributed by atoms with E-state index in [4.69, 9.17) is 9.47 Å². The topological polar surface area (TPSA) is 80.7 Å². The molecule has 158 valence electrons. The van der Waals surface area contributed by atoms with E-state index in [0.717, 1.165) is 42.9 Å². The maximum Gasteiger partial charge on any atom is 0.272 e. The normalized spacial score (nSPS) is 14.0. The van der Waals surface area contributed by atoms with Crippen LogP contribution in [0.25, 0.3) is 10.9 Å². The molecule has 0 aliphatic carbocycles. The highest BCUT2D eigenvalue weighted by Gasteiger charge is 2.20. The molecule has 0 saturated carbocycles. The van der Waals surface area contributed by atoms with Crippen molar-refractivity contribution in [3.8, 4) is 11.5 Å². The van der Waals surface area contributed by atoms with Gasteiger partial charge in [-0.05, 0) is 37.3 Å². The van der Waals surface area contributed by atoms with Gasteiger partial charge in [0.1, 0.15) is 11.5 Å². The largest absolute Gasteiger partial charge is 0.493 e. The molecule has 0 unspecified atom stereocenters. The van der Waals surface area contributed by atoms with Crippen LogP contribution in [0, 0.1) is 0 Å². The molecule has 1 amide bonds. The van der Waals surface area contributed by atoms with Crippen LogP contribution in [0.5, 0.6) is 11.5 Å². The molecule has 1 aliphatic rings. The van der Waals surface area contributed by atoms with Gasteiger partial charge in [0.15, 0.2) is 11.5 Å². The second-order valence-corrected chi connectivity index (χ2v) is 7.10. The number of ether oxygens (including phenoxy) is 2. The average Bonchev–Trinajstić information content (AvgIpc) is 3.18. The number of fused-ring (bicyclic) bond motifs is 1. The fourth-order valence-electron chi connectivity index (χ4n) is 3.92. The van der Waals surface area contributed by atoms with E-state index in [1.54, 1.807) is 20.4 Å². The number of amides is 1. The highest BCUT2D eigenvalue weighted by molar-refractivity contribution is 6.07. The molecule has 2 N–H and O–H groups in total. The number of nitrogens with zero attached hydrogens (tertiary/aromatic N) is 3. The number of benzene rings is 1. The van der Waals surface area contributed by atoms with Gasteiger partial charge in [-0.1, -0.05) is 0 Å². The molecule has 8 nitrogen and oxygen atoms in total. The minimum Gasteiger partial charge on any atom is -0.493 e. The lowest BCUT2D eigenvalue weighted by molar-refractivity contribution is 0.101. The number of carbonyl (C=O) groups excluding carboxylic acids is 1. The van der Waals surface area contributed by atoms with Crippen molar-refractivity contribution >= 4 is 28.3 Å². The number of hydrogen-bond donors (Lipinski definition) is 2. The number of aromatic nitrogens is 2. The molecule has 0 atom stereocenters. The predicted molar refractivity (Wildman–Crippen MR) is 118 cm³/mol. The molecule has 30 heavy (non-hydrogen) atoms. The van der Waals surface area contributed by atoms with E-state index in [1.165, 1.54) is 0 Å². The van der Waals surface area contributed by atoms with Gasteiger partial charge in [-0.15, -0.1) is 0 Å². The Balaban J connectivity index is 1.60. The maximum atomic E-state index is 13.1. The van der Waals surface area contributed by atoms with Crippen molar-refractivity contribution in [3.05, 3.63) is 42.2 Å². The van der Waals surface area contributed by atoms with Crippen molar-refractivity contribution in [3.63, 3.8) is 0 Å².